The Labute approximate surface area is 116 Å². The fourth-order valence-corrected chi connectivity index (χ4v) is 2.36. The highest BCUT2D eigenvalue weighted by Gasteiger charge is 2.20. The van der Waals surface area contributed by atoms with Crippen LogP contribution in [0.1, 0.15) is 44.4 Å². The van der Waals surface area contributed by atoms with Crippen molar-refractivity contribution >= 4 is 0 Å². The summed E-state index contributed by atoms with van der Waals surface area (Å²) in [6, 6.07) is 6.93. The van der Waals surface area contributed by atoms with Crippen LogP contribution in [-0.4, -0.2) is 25.9 Å². The van der Waals surface area contributed by atoms with Gasteiger partial charge in [0.2, 0.25) is 0 Å². The Morgan fingerprint density at radius 3 is 2.89 bits per heavy atom. The van der Waals surface area contributed by atoms with E-state index in [9.17, 15) is 0 Å². The SMILES string of the molecule is CCC(NCC(C)(C)OC)c1ccc2c(c1)CCO2. The van der Waals surface area contributed by atoms with Crippen LogP contribution in [0.2, 0.25) is 0 Å². The standard InChI is InChI=1S/C16H25NO2/c1-5-14(17-11-16(2,3)18-4)12-6-7-15-13(10-12)8-9-19-15/h6-7,10,14,17H,5,8-9,11H2,1-4H3. The van der Waals surface area contributed by atoms with Gasteiger partial charge in [0.25, 0.3) is 0 Å². The lowest BCUT2D eigenvalue weighted by Crippen LogP contribution is -2.38. The van der Waals surface area contributed by atoms with Crippen molar-refractivity contribution in [3.63, 3.8) is 0 Å². The molecule has 1 aromatic carbocycles. The Bertz CT molecular complexity index is 429. The van der Waals surface area contributed by atoms with Crippen molar-refractivity contribution in [3.8, 4) is 5.75 Å². The van der Waals surface area contributed by atoms with Gasteiger partial charge in [-0.05, 0) is 37.5 Å². The van der Waals surface area contributed by atoms with Gasteiger partial charge in [0.05, 0.1) is 12.2 Å². The maximum absolute atomic E-state index is 5.56. The fraction of sp³-hybridized carbons (Fsp3) is 0.625. The van der Waals surface area contributed by atoms with Gasteiger partial charge >= 0.3 is 0 Å². The van der Waals surface area contributed by atoms with Crippen molar-refractivity contribution in [2.45, 2.75) is 45.3 Å². The normalized spacial score (nSPS) is 16.0. The third-order valence-corrected chi connectivity index (χ3v) is 3.85. The molecule has 2 rings (SSSR count). The number of hydrogen-bond acceptors (Lipinski definition) is 3. The molecule has 0 amide bonds. The number of fused-ring (bicyclic) bond motifs is 1. The molecule has 19 heavy (non-hydrogen) atoms. The number of rotatable bonds is 6. The Hall–Kier alpha value is -1.06. The number of ether oxygens (including phenoxy) is 2. The average molecular weight is 263 g/mol. The van der Waals surface area contributed by atoms with Gasteiger partial charge in [-0.15, -0.1) is 0 Å². The monoisotopic (exact) mass is 263 g/mol. The molecular formula is C16H25NO2. The first-order valence-electron chi connectivity index (χ1n) is 7.10. The van der Waals surface area contributed by atoms with Crippen molar-refractivity contribution < 1.29 is 9.47 Å². The van der Waals surface area contributed by atoms with Gasteiger partial charge in [0.1, 0.15) is 5.75 Å². The summed E-state index contributed by atoms with van der Waals surface area (Å²) in [5.74, 6) is 1.05. The molecule has 0 saturated heterocycles. The van der Waals surface area contributed by atoms with Crippen molar-refractivity contribution in [1.29, 1.82) is 0 Å². The zero-order chi connectivity index (χ0) is 13.9. The highest BCUT2D eigenvalue weighted by Crippen LogP contribution is 2.29. The van der Waals surface area contributed by atoms with E-state index in [1.165, 1.54) is 11.1 Å². The number of hydrogen-bond donors (Lipinski definition) is 1. The maximum atomic E-state index is 5.56. The molecule has 0 fully saturated rings. The van der Waals surface area contributed by atoms with Crippen LogP contribution in [0.5, 0.6) is 5.75 Å². The van der Waals surface area contributed by atoms with E-state index in [1.807, 2.05) is 0 Å². The van der Waals surface area contributed by atoms with E-state index in [1.54, 1.807) is 7.11 Å². The summed E-state index contributed by atoms with van der Waals surface area (Å²) in [7, 11) is 1.76. The van der Waals surface area contributed by atoms with Gasteiger partial charge in [0, 0.05) is 26.1 Å². The topological polar surface area (TPSA) is 30.5 Å². The van der Waals surface area contributed by atoms with Gasteiger partial charge in [-0.3, -0.25) is 0 Å². The lowest BCUT2D eigenvalue weighted by Gasteiger charge is -2.27. The van der Waals surface area contributed by atoms with Gasteiger partial charge in [0.15, 0.2) is 0 Å². The zero-order valence-electron chi connectivity index (χ0n) is 12.5. The van der Waals surface area contributed by atoms with E-state index in [4.69, 9.17) is 9.47 Å². The van der Waals surface area contributed by atoms with Crippen LogP contribution < -0.4 is 10.1 Å². The minimum absolute atomic E-state index is 0.132. The summed E-state index contributed by atoms with van der Waals surface area (Å²) in [6.45, 7) is 8.07. The summed E-state index contributed by atoms with van der Waals surface area (Å²) in [5, 5.41) is 3.60. The third kappa shape index (κ3) is 3.48. The Morgan fingerprint density at radius 1 is 1.42 bits per heavy atom. The van der Waals surface area contributed by atoms with Gasteiger partial charge in [-0.25, -0.2) is 0 Å². The average Bonchev–Trinajstić information content (AvgIpc) is 2.87. The molecule has 1 aliphatic heterocycles. The summed E-state index contributed by atoms with van der Waals surface area (Å²) >= 11 is 0. The predicted molar refractivity (Wildman–Crippen MR) is 77.8 cm³/mol. The van der Waals surface area contributed by atoms with Crippen molar-refractivity contribution in [3.05, 3.63) is 29.3 Å². The Kier molecular flexibility index (Phi) is 4.48. The molecule has 3 heteroatoms. The van der Waals surface area contributed by atoms with Crippen LogP contribution in [0.25, 0.3) is 0 Å². The van der Waals surface area contributed by atoms with Gasteiger partial charge < -0.3 is 14.8 Å². The Morgan fingerprint density at radius 2 is 2.21 bits per heavy atom. The maximum Gasteiger partial charge on any atom is 0.122 e. The number of methoxy groups -OCH3 is 1. The smallest absolute Gasteiger partial charge is 0.122 e. The van der Waals surface area contributed by atoms with Crippen LogP contribution in [0.15, 0.2) is 18.2 Å². The first kappa shape index (κ1) is 14.4. The second-order valence-electron chi connectivity index (χ2n) is 5.77. The van der Waals surface area contributed by atoms with Crippen LogP contribution >= 0.6 is 0 Å². The molecule has 1 aliphatic rings. The van der Waals surface area contributed by atoms with Crippen molar-refractivity contribution in [2.75, 3.05) is 20.3 Å². The first-order valence-corrected chi connectivity index (χ1v) is 7.10. The molecule has 1 atom stereocenters. The van der Waals surface area contributed by atoms with Crippen molar-refractivity contribution in [1.82, 2.24) is 5.32 Å². The Balaban J connectivity index is 2.05. The van der Waals surface area contributed by atoms with E-state index in [0.29, 0.717) is 6.04 Å². The molecule has 1 unspecified atom stereocenters. The van der Waals surface area contributed by atoms with Crippen molar-refractivity contribution in [2.24, 2.45) is 0 Å². The molecule has 1 N–H and O–H groups in total. The van der Waals surface area contributed by atoms with Crippen LogP contribution in [0.3, 0.4) is 0 Å². The summed E-state index contributed by atoms with van der Waals surface area (Å²) in [6.07, 6.45) is 2.10. The lowest BCUT2D eigenvalue weighted by atomic mass is 9.99. The molecular weight excluding hydrogens is 238 g/mol. The van der Waals surface area contributed by atoms with E-state index in [2.05, 4.69) is 44.3 Å². The predicted octanol–water partition coefficient (Wildman–Crippen LogP) is 3.09. The fourth-order valence-electron chi connectivity index (χ4n) is 2.36. The third-order valence-electron chi connectivity index (χ3n) is 3.85. The molecule has 1 heterocycles. The summed E-state index contributed by atoms with van der Waals surface area (Å²) in [4.78, 5) is 0. The zero-order valence-corrected chi connectivity index (χ0v) is 12.5. The van der Waals surface area contributed by atoms with Crippen LogP contribution in [0, 0.1) is 0 Å². The van der Waals surface area contributed by atoms with E-state index in [0.717, 1.165) is 31.7 Å². The quantitative estimate of drug-likeness (QED) is 0.855. The second-order valence-corrected chi connectivity index (χ2v) is 5.77. The second kappa shape index (κ2) is 5.93. The summed E-state index contributed by atoms with van der Waals surface area (Å²) in [5.41, 5.74) is 2.55. The molecule has 0 aromatic heterocycles. The highest BCUT2D eigenvalue weighted by atomic mass is 16.5. The highest BCUT2D eigenvalue weighted by molar-refractivity contribution is 5.40. The minimum Gasteiger partial charge on any atom is -0.493 e. The molecule has 1 aromatic rings. The molecule has 0 aliphatic carbocycles. The molecule has 0 bridgehead atoms. The largest absolute Gasteiger partial charge is 0.493 e. The van der Waals surface area contributed by atoms with E-state index in [-0.39, 0.29) is 5.60 Å². The van der Waals surface area contributed by atoms with E-state index >= 15 is 0 Å². The summed E-state index contributed by atoms with van der Waals surface area (Å²) < 4.78 is 11.0. The minimum atomic E-state index is -0.132. The first-order chi connectivity index (χ1) is 9.05. The number of nitrogens with one attached hydrogen (secondary N) is 1. The molecule has 0 spiro atoms. The van der Waals surface area contributed by atoms with Gasteiger partial charge in [-0.1, -0.05) is 19.1 Å². The van der Waals surface area contributed by atoms with Gasteiger partial charge in [-0.2, -0.15) is 0 Å². The molecule has 106 valence electrons. The number of benzene rings is 1. The molecule has 0 saturated carbocycles. The van der Waals surface area contributed by atoms with Crippen LogP contribution in [-0.2, 0) is 11.2 Å². The molecule has 0 radical (unpaired) electrons. The van der Waals surface area contributed by atoms with Crippen LogP contribution in [0.4, 0.5) is 0 Å². The van der Waals surface area contributed by atoms with E-state index < -0.39 is 0 Å². The molecule has 3 nitrogen and oxygen atoms in total. The lowest BCUT2D eigenvalue weighted by molar-refractivity contribution is 0.0209.